The first-order valence-electron chi connectivity index (χ1n) is 7.69. The van der Waals surface area contributed by atoms with E-state index in [9.17, 15) is 4.79 Å². The van der Waals surface area contributed by atoms with Crippen LogP contribution >= 0.6 is 0 Å². The lowest BCUT2D eigenvalue weighted by Gasteiger charge is -2.32. The van der Waals surface area contributed by atoms with Crippen LogP contribution < -0.4 is 4.90 Å². The molecule has 1 aliphatic rings. The number of ether oxygens (including phenoxy) is 1. The standard InChI is InChI=1S/C18H24N2O2/c1-4-11-22-14-15-7-6-10-20(13-15)18(21)16-8-5-9-17(12-16)19(2)3/h1,5,8-9,12,15H,6-7,10-11,13-14H2,2-3H3. The number of terminal acetylenes is 1. The molecule has 0 saturated carbocycles. The third kappa shape index (κ3) is 4.25. The molecule has 22 heavy (non-hydrogen) atoms. The first-order chi connectivity index (χ1) is 10.6. The van der Waals surface area contributed by atoms with Crippen molar-refractivity contribution in [3.8, 4) is 12.3 Å². The average molecular weight is 300 g/mol. The number of likely N-dealkylation sites (tertiary alicyclic amines) is 1. The van der Waals surface area contributed by atoms with Crippen molar-refractivity contribution in [2.24, 2.45) is 5.92 Å². The van der Waals surface area contributed by atoms with E-state index in [1.54, 1.807) is 0 Å². The number of amides is 1. The zero-order valence-electron chi connectivity index (χ0n) is 13.4. The van der Waals surface area contributed by atoms with Gasteiger partial charge in [0.25, 0.3) is 5.91 Å². The van der Waals surface area contributed by atoms with Crippen LogP contribution in [0.4, 0.5) is 5.69 Å². The van der Waals surface area contributed by atoms with E-state index in [2.05, 4.69) is 5.92 Å². The number of rotatable bonds is 5. The van der Waals surface area contributed by atoms with Gasteiger partial charge in [-0.2, -0.15) is 0 Å². The maximum absolute atomic E-state index is 12.7. The third-order valence-electron chi connectivity index (χ3n) is 3.95. The first-order valence-corrected chi connectivity index (χ1v) is 7.69. The lowest BCUT2D eigenvalue weighted by molar-refractivity contribution is 0.0534. The molecule has 1 amide bonds. The molecule has 2 rings (SSSR count). The highest BCUT2D eigenvalue weighted by Gasteiger charge is 2.24. The molecule has 1 aromatic rings. The lowest BCUT2D eigenvalue weighted by atomic mass is 9.98. The Hall–Kier alpha value is -1.99. The Morgan fingerprint density at radius 3 is 3.05 bits per heavy atom. The van der Waals surface area contributed by atoms with Gasteiger partial charge in [-0.05, 0) is 31.0 Å². The van der Waals surface area contributed by atoms with E-state index in [-0.39, 0.29) is 5.91 Å². The summed E-state index contributed by atoms with van der Waals surface area (Å²) >= 11 is 0. The van der Waals surface area contributed by atoms with Crippen molar-refractivity contribution in [3.63, 3.8) is 0 Å². The van der Waals surface area contributed by atoms with E-state index in [4.69, 9.17) is 11.2 Å². The van der Waals surface area contributed by atoms with E-state index in [0.29, 0.717) is 19.1 Å². The van der Waals surface area contributed by atoms with Crippen LogP contribution in [0.5, 0.6) is 0 Å². The van der Waals surface area contributed by atoms with Gasteiger partial charge in [0.2, 0.25) is 0 Å². The van der Waals surface area contributed by atoms with Gasteiger partial charge >= 0.3 is 0 Å². The van der Waals surface area contributed by atoms with Crippen molar-refractivity contribution < 1.29 is 9.53 Å². The summed E-state index contributed by atoms with van der Waals surface area (Å²) in [4.78, 5) is 16.6. The molecule has 1 atom stereocenters. The van der Waals surface area contributed by atoms with Crippen LogP contribution in [-0.2, 0) is 4.74 Å². The Labute approximate surface area is 133 Å². The maximum atomic E-state index is 12.7. The number of piperidine rings is 1. The largest absolute Gasteiger partial charge is 0.378 e. The molecule has 0 spiro atoms. The Morgan fingerprint density at radius 1 is 1.50 bits per heavy atom. The Bertz CT molecular complexity index is 548. The number of benzene rings is 1. The Kier molecular flexibility index (Phi) is 5.85. The predicted octanol–water partition coefficient (Wildman–Crippen LogP) is 2.25. The molecule has 0 aliphatic carbocycles. The Balaban J connectivity index is 1.99. The van der Waals surface area contributed by atoms with Gasteiger partial charge in [0.05, 0.1) is 6.61 Å². The summed E-state index contributed by atoms with van der Waals surface area (Å²) in [7, 11) is 3.95. The van der Waals surface area contributed by atoms with Crippen LogP contribution in [0.2, 0.25) is 0 Å². The fourth-order valence-electron chi connectivity index (χ4n) is 2.77. The van der Waals surface area contributed by atoms with Gasteiger partial charge in [-0.1, -0.05) is 12.0 Å². The van der Waals surface area contributed by atoms with Crippen LogP contribution in [0.1, 0.15) is 23.2 Å². The fourth-order valence-corrected chi connectivity index (χ4v) is 2.77. The molecule has 4 heteroatoms. The molecule has 1 saturated heterocycles. The zero-order chi connectivity index (χ0) is 15.9. The van der Waals surface area contributed by atoms with E-state index in [1.807, 2.05) is 48.2 Å². The van der Waals surface area contributed by atoms with E-state index in [0.717, 1.165) is 37.2 Å². The summed E-state index contributed by atoms with van der Waals surface area (Å²) in [5.41, 5.74) is 1.79. The van der Waals surface area contributed by atoms with Gasteiger partial charge in [0.1, 0.15) is 6.61 Å². The van der Waals surface area contributed by atoms with Gasteiger partial charge in [0.15, 0.2) is 0 Å². The maximum Gasteiger partial charge on any atom is 0.253 e. The number of hydrogen-bond donors (Lipinski definition) is 0. The zero-order valence-corrected chi connectivity index (χ0v) is 13.4. The van der Waals surface area contributed by atoms with Crippen molar-refractivity contribution in [2.45, 2.75) is 12.8 Å². The molecule has 1 fully saturated rings. The second kappa shape index (κ2) is 7.86. The van der Waals surface area contributed by atoms with Crippen molar-refractivity contribution in [1.29, 1.82) is 0 Å². The van der Waals surface area contributed by atoms with Gasteiger partial charge in [-0.3, -0.25) is 4.79 Å². The van der Waals surface area contributed by atoms with Crippen molar-refractivity contribution in [1.82, 2.24) is 4.90 Å². The molecule has 0 N–H and O–H groups in total. The molecule has 1 aliphatic heterocycles. The van der Waals surface area contributed by atoms with E-state index >= 15 is 0 Å². The van der Waals surface area contributed by atoms with Crippen LogP contribution in [0.25, 0.3) is 0 Å². The van der Waals surface area contributed by atoms with Gasteiger partial charge < -0.3 is 14.5 Å². The fraction of sp³-hybridized carbons (Fsp3) is 0.500. The second-order valence-corrected chi connectivity index (χ2v) is 5.92. The van der Waals surface area contributed by atoms with Crippen molar-refractivity contribution in [3.05, 3.63) is 29.8 Å². The minimum absolute atomic E-state index is 0.102. The summed E-state index contributed by atoms with van der Waals surface area (Å²) in [6, 6.07) is 7.76. The molecule has 0 bridgehead atoms. The molecular weight excluding hydrogens is 276 g/mol. The predicted molar refractivity (Wildman–Crippen MR) is 89.0 cm³/mol. The summed E-state index contributed by atoms with van der Waals surface area (Å²) in [6.45, 7) is 2.54. The lowest BCUT2D eigenvalue weighted by Crippen LogP contribution is -2.41. The van der Waals surface area contributed by atoms with Crippen molar-refractivity contribution in [2.75, 3.05) is 45.3 Å². The molecule has 4 nitrogen and oxygen atoms in total. The monoisotopic (exact) mass is 300 g/mol. The molecule has 1 unspecified atom stereocenters. The molecule has 1 heterocycles. The van der Waals surface area contributed by atoms with Crippen LogP contribution in [0.3, 0.4) is 0 Å². The number of carbonyl (C=O) groups excluding carboxylic acids is 1. The summed E-state index contributed by atoms with van der Waals surface area (Å²) in [6.07, 6.45) is 7.30. The summed E-state index contributed by atoms with van der Waals surface area (Å²) < 4.78 is 5.43. The SMILES string of the molecule is C#CCOCC1CCCN(C(=O)c2cccc(N(C)C)c2)C1. The van der Waals surface area contributed by atoms with Crippen LogP contribution in [0.15, 0.2) is 24.3 Å². The summed E-state index contributed by atoms with van der Waals surface area (Å²) in [5, 5.41) is 0. The summed E-state index contributed by atoms with van der Waals surface area (Å²) in [5.74, 6) is 2.96. The van der Waals surface area contributed by atoms with Gasteiger partial charge in [-0.25, -0.2) is 0 Å². The third-order valence-corrected chi connectivity index (χ3v) is 3.95. The first kappa shape index (κ1) is 16.4. The number of hydrogen-bond acceptors (Lipinski definition) is 3. The van der Waals surface area contributed by atoms with E-state index in [1.165, 1.54) is 0 Å². The highest BCUT2D eigenvalue weighted by atomic mass is 16.5. The minimum atomic E-state index is 0.102. The van der Waals surface area contributed by atoms with Gasteiger partial charge in [0, 0.05) is 44.4 Å². The van der Waals surface area contributed by atoms with Gasteiger partial charge in [-0.15, -0.1) is 6.42 Å². The number of anilines is 1. The minimum Gasteiger partial charge on any atom is -0.378 e. The topological polar surface area (TPSA) is 32.8 Å². The normalized spacial score (nSPS) is 17.9. The highest BCUT2D eigenvalue weighted by molar-refractivity contribution is 5.95. The molecule has 1 aromatic carbocycles. The second-order valence-electron chi connectivity index (χ2n) is 5.92. The average Bonchev–Trinajstić information content (AvgIpc) is 2.55. The van der Waals surface area contributed by atoms with E-state index < -0.39 is 0 Å². The number of carbonyl (C=O) groups is 1. The smallest absolute Gasteiger partial charge is 0.253 e. The quantitative estimate of drug-likeness (QED) is 0.618. The highest BCUT2D eigenvalue weighted by Crippen LogP contribution is 2.21. The van der Waals surface area contributed by atoms with Crippen LogP contribution in [0, 0.1) is 18.3 Å². The molecule has 118 valence electrons. The molecule has 0 aromatic heterocycles. The Morgan fingerprint density at radius 2 is 2.32 bits per heavy atom. The van der Waals surface area contributed by atoms with Crippen molar-refractivity contribution >= 4 is 11.6 Å². The molecular formula is C18H24N2O2. The molecule has 0 radical (unpaired) electrons. The van der Waals surface area contributed by atoms with Crippen LogP contribution in [-0.4, -0.2) is 51.2 Å². The number of nitrogens with zero attached hydrogens (tertiary/aromatic N) is 2.